The zero-order valence-electron chi connectivity index (χ0n) is 11.8. The lowest BCUT2D eigenvalue weighted by molar-refractivity contribution is -0.0630. The summed E-state index contributed by atoms with van der Waals surface area (Å²) in [6.07, 6.45) is 4.64. The zero-order valence-corrected chi connectivity index (χ0v) is 11.8. The Morgan fingerprint density at radius 3 is 2.90 bits per heavy atom. The number of rotatable bonds is 3. The minimum Gasteiger partial charge on any atom is -0.508 e. The van der Waals surface area contributed by atoms with Crippen molar-refractivity contribution in [3.63, 3.8) is 0 Å². The Hall–Kier alpha value is -1.10. The quantitative estimate of drug-likeness (QED) is 0.789. The van der Waals surface area contributed by atoms with Crippen LogP contribution in [0.4, 0.5) is 0 Å². The predicted octanol–water partition coefficient (Wildman–Crippen LogP) is 1.90. The molecule has 0 aromatic heterocycles. The van der Waals surface area contributed by atoms with Crippen molar-refractivity contribution in [1.82, 2.24) is 5.32 Å². The molecule has 1 aliphatic heterocycles. The number of ether oxygens (including phenoxy) is 1. The highest BCUT2D eigenvalue weighted by atomic mass is 16.5. The summed E-state index contributed by atoms with van der Waals surface area (Å²) in [5.74, 6) is 0.340. The van der Waals surface area contributed by atoms with Gasteiger partial charge in [-0.2, -0.15) is 0 Å². The van der Waals surface area contributed by atoms with Crippen LogP contribution in [0.15, 0.2) is 18.2 Å². The lowest BCUT2D eigenvalue weighted by Gasteiger charge is -2.35. The van der Waals surface area contributed by atoms with Gasteiger partial charge in [0.2, 0.25) is 0 Å². The van der Waals surface area contributed by atoms with Crippen LogP contribution in [-0.4, -0.2) is 35.6 Å². The van der Waals surface area contributed by atoms with Crippen molar-refractivity contribution in [2.75, 3.05) is 19.8 Å². The van der Waals surface area contributed by atoms with Gasteiger partial charge >= 0.3 is 0 Å². The SMILES string of the molecule is Oc1ccc2c(c1)CCCC2NCC1(O)CCOCC1. The van der Waals surface area contributed by atoms with E-state index in [-0.39, 0.29) is 6.04 Å². The van der Waals surface area contributed by atoms with Crippen LogP contribution in [0.1, 0.15) is 42.9 Å². The second kappa shape index (κ2) is 5.72. The Kier molecular flexibility index (Phi) is 3.96. The Balaban J connectivity index is 1.67. The maximum atomic E-state index is 10.5. The lowest BCUT2D eigenvalue weighted by Crippen LogP contribution is -2.46. The average molecular weight is 277 g/mol. The molecule has 1 unspecified atom stereocenters. The first-order valence-corrected chi connectivity index (χ1v) is 7.52. The number of fused-ring (bicyclic) bond motifs is 1. The summed E-state index contributed by atoms with van der Waals surface area (Å²) in [5.41, 5.74) is 1.87. The highest BCUT2D eigenvalue weighted by molar-refractivity contribution is 5.38. The number of hydrogen-bond donors (Lipinski definition) is 3. The summed E-state index contributed by atoms with van der Waals surface area (Å²) >= 11 is 0. The van der Waals surface area contributed by atoms with Gasteiger partial charge in [-0.05, 0) is 42.5 Å². The highest BCUT2D eigenvalue weighted by Crippen LogP contribution is 2.32. The summed E-state index contributed by atoms with van der Waals surface area (Å²) in [5, 5.41) is 23.6. The number of aryl methyl sites for hydroxylation is 1. The molecule has 1 fully saturated rings. The maximum Gasteiger partial charge on any atom is 0.115 e. The molecule has 1 atom stereocenters. The summed E-state index contributed by atoms with van der Waals surface area (Å²) in [6.45, 7) is 1.90. The van der Waals surface area contributed by atoms with Gasteiger partial charge in [0, 0.05) is 38.6 Å². The van der Waals surface area contributed by atoms with E-state index >= 15 is 0 Å². The molecule has 0 saturated carbocycles. The van der Waals surface area contributed by atoms with Crippen molar-refractivity contribution in [1.29, 1.82) is 0 Å². The van der Waals surface area contributed by atoms with E-state index in [1.165, 1.54) is 11.1 Å². The first kappa shape index (κ1) is 13.9. The molecule has 3 rings (SSSR count). The van der Waals surface area contributed by atoms with E-state index in [4.69, 9.17) is 4.74 Å². The molecule has 1 saturated heterocycles. The van der Waals surface area contributed by atoms with E-state index in [0.717, 1.165) is 19.3 Å². The van der Waals surface area contributed by atoms with Crippen LogP contribution < -0.4 is 5.32 Å². The van der Waals surface area contributed by atoms with Crippen LogP contribution in [0.2, 0.25) is 0 Å². The minimum atomic E-state index is -0.632. The number of phenols is 1. The number of aliphatic hydroxyl groups is 1. The standard InChI is InChI=1S/C16H23NO3/c18-13-4-5-14-12(10-13)2-1-3-15(14)17-11-16(19)6-8-20-9-7-16/h4-5,10,15,17-19H,1-3,6-9,11H2. The van der Waals surface area contributed by atoms with Gasteiger partial charge in [-0.3, -0.25) is 0 Å². The number of hydrogen-bond acceptors (Lipinski definition) is 4. The molecule has 4 heteroatoms. The third-order valence-corrected chi connectivity index (χ3v) is 4.54. The number of benzene rings is 1. The van der Waals surface area contributed by atoms with Gasteiger partial charge < -0.3 is 20.3 Å². The summed E-state index contributed by atoms with van der Waals surface area (Å²) in [7, 11) is 0. The monoisotopic (exact) mass is 277 g/mol. The lowest BCUT2D eigenvalue weighted by atomic mass is 9.86. The van der Waals surface area contributed by atoms with Gasteiger partial charge in [-0.15, -0.1) is 0 Å². The molecule has 1 heterocycles. The molecule has 1 aliphatic carbocycles. The summed E-state index contributed by atoms with van der Waals surface area (Å²) in [4.78, 5) is 0. The topological polar surface area (TPSA) is 61.7 Å². The largest absolute Gasteiger partial charge is 0.508 e. The van der Waals surface area contributed by atoms with Crippen LogP contribution in [0.25, 0.3) is 0 Å². The fourth-order valence-corrected chi connectivity index (χ4v) is 3.25. The van der Waals surface area contributed by atoms with E-state index in [1.54, 1.807) is 6.07 Å². The number of nitrogens with one attached hydrogen (secondary N) is 1. The van der Waals surface area contributed by atoms with Crippen LogP contribution in [0.5, 0.6) is 5.75 Å². The highest BCUT2D eigenvalue weighted by Gasteiger charge is 2.31. The zero-order chi connectivity index (χ0) is 14.0. The Bertz CT molecular complexity index is 469. The van der Waals surface area contributed by atoms with E-state index in [0.29, 0.717) is 38.3 Å². The summed E-state index contributed by atoms with van der Waals surface area (Å²) < 4.78 is 5.31. The van der Waals surface area contributed by atoms with E-state index < -0.39 is 5.60 Å². The molecule has 0 radical (unpaired) electrons. The number of aromatic hydroxyl groups is 1. The van der Waals surface area contributed by atoms with Crippen molar-refractivity contribution in [2.45, 2.75) is 43.7 Å². The fourth-order valence-electron chi connectivity index (χ4n) is 3.25. The van der Waals surface area contributed by atoms with Gasteiger partial charge in [0.05, 0.1) is 5.60 Å². The van der Waals surface area contributed by atoms with Crippen molar-refractivity contribution in [3.05, 3.63) is 29.3 Å². The summed E-state index contributed by atoms with van der Waals surface area (Å²) in [6, 6.07) is 5.91. The molecule has 0 spiro atoms. The first-order chi connectivity index (χ1) is 9.66. The van der Waals surface area contributed by atoms with Gasteiger partial charge in [0.1, 0.15) is 5.75 Å². The van der Waals surface area contributed by atoms with E-state index in [1.807, 2.05) is 12.1 Å². The minimum absolute atomic E-state index is 0.284. The van der Waals surface area contributed by atoms with Gasteiger partial charge in [0.25, 0.3) is 0 Å². The van der Waals surface area contributed by atoms with Gasteiger partial charge in [0.15, 0.2) is 0 Å². The van der Waals surface area contributed by atoms with Gasteiger partial charge in [-0.25, -0.2) is 0 Å². The van der Waals surface area contributed by atoms with Gasteiger partial charge in [-0.1, -0.05) is 6.07 Å². The van der Waals surface area contributed by atoms with Crippen LogP contribution in [-0.2, 0) is 11.2 Å². The molecule has 20 heavy (non-hydrogen) atoms. The Morgan fingerprint density at radius 2 is 2.10 bits per heavy atom. The Labute approximate surface area is 119 Å². The first-order valence-electron chi connectivity index (χ1n) is 7.52. The molecular weight excluding hydrogens is 254 g/mol. The normalized spacial score (nSPS) is 25.1. The molecule has 1 aromatic rings. The molecule has 2 aliphatic rings. The third-order valence-electron chi connectivity index (χ3n) is 4.54. The van der Waals surface area contributed by atoms with Crippen molar-refractivity contribution < 1.29 is 14.9 Å². The van der Waals surface area contributed by atoms with E-state index in [2.05, 4.69) is 5.32 Å². The molecule has 4 nitrogen and oxygen atoms in total. The average Bonchev–Trinajstić information content (AvgIpc) is 2.45. The van der Waals surface area contributed by atoms with Crippen LogP contribution in [0, 0.1) is 0 Å². The van der Waals surface area contributed by atoms with Crippen LogP contribution in [0.3, 0.4) is 0 Å². The number of phenolic OH excluding ortho intramolecular Hbond substituents is 1. The van der Waals surface area contributed by atoms with Crippen molar-refractivity contribution in [2.24, 2.45) is 0 Å². The van der Waals surface area contributed by atoms with Crippen molar-refractivity contribution in [3.8, 4) is 5.75 Å². The molecular formula is C16H23NO3. The second-order valence-corrected chi connectivity index (χ2v) is 6.05. The maximum absolute atomic E-state index is 10.5. The smallest absolute Gasteiger partial charge is 0.115 e. The van der Waals surface area contributed by atoms with Crippen molar-refractivity contribution >= 4 is 0 Å². The fraction of sp³-hybridized carbons (Fsp3) is 0.625. The Morgan fingerprint density at radius 1 is 1.30 bits per heavy atom. The second-order valence-electron chi connectivity index (χ2n) is 6.05. The molecule has 1 aromatic carbocycles. The van der Waals surface area contributed by atoms with E-state index in [9.17, 15) is 10.2 Å². The molecule has 0 amide bonds. The third kappa shape index (κ3) is 2.97. The molecule has 0 bridgehead atoms. The molecule has 3 N–H and O–H groups in total. The molecule has 110 valence electrons. The predicted molar refractivity (Wildman–Crippen MR) is 76.8 cm³/mol. The van der Waals surface area contributed by atoms with Crippen LogP contribution >= 0.6 is 0 Å².